The Bertz CT molecular complexity index is 1280. The van der Waals surface area contributed by atoms with Crippen molar-refractivity contribution in [2.45, 2.75) is 64.7 Å². The van der Waals surface area contributed by atoms with Crippen LogP contribution in [0.1, 0.15) is 50.2 Å². The number of halogens is 1. The summed E-state index contributed by atoms with van der Waals surface area (Å²) in [6, 6.07) is 24.1. The maximum Gasteiger partial charge on any atom is 0.357 e. The molecule has 214 valence electrons. The molecule has 0 aliphatic rings. The normalized spacial score (nSPS) is 13.1. The van der Waals surface area contributed by atoms with Gasteiger partial charge in [-0.3, -0.25) is 9.36 Å². The molecule has 0 bridgehead atoms. The van der Waals surface area contributed by atoms with Gasteiger partial charge in [0.1, 0.15) is 11.9 Å². The van der Waals surface area contributed by atoms with Gasteiger partial charge >= 0.3 is 7.60 Å². The van der Waals surface area contributed by atoms with E-state index in [-0.39, 0.29) is 29.8 Å². The van der Waals surface area contributed by atoms with E-state index in [1.165, 1.54) is 6.07 Å². The number of carbonyl (C=O) groups excluding carboxylic acids is 1. The Hall–Kier alpha value is -3.10. The molecule has 3 aromatic rings. The monoisotopic (exact) mass is 585 g/mol. The first kappa shape index (κ1) is 31.4. The summed E-state index contributed by atoms with van der Waals surface area (Å²) in [5.74, 6) is -1.70. The lowest BCUT2D eigenvalue weighted by atomic mass is 10.1. The summed E-state index contributed by atoms with van der Waals surface area (Å²) in [4.78, 5) is 13.3. The van der Waals surface area contributed by atoms with E-state index in [0.717, 1.165) is 5.56 Å². The van der Waals surface area contributed by atoms with Crippen molar-refractivity contribution in [1.29, 1.82) is 0 Å². The molecule has 1 unspecified atom stereocenters. The molecule has 40 heavy (non-hydrogen) atoms. The highest BCUT2D eigenvalue weighted by Crippen LogP contribution is 2.61. The molecule has 3 rings (SSSR count). The first-order valence-corrected chi connectivity index (χ1v) is 15.2. The molecule has 0 aromatic heterocycles. The van der Waals surface area contributed by atoms with Crippen molar-refractivity contribution in [3.8, 4) is 0 Å². The molecule has 7 nitrogen and oxygen atoms in total. The van der Waals surface area contributed by atoms with E-state index in [1.54, 1.807) is 45.9 Å². The van der Waals surface area contributed by atoms with Gasteiger partial charge in [-0.2, -0.15) is 0 Å². The summed E-state index contributed by atoms with van der Waals surface area (Å²) in [6.07, 6.45) is -0.451. The SMILES string of the molecule is CC(C)OP(=O)(OC(C)C)C(NC(=S)N[C@@H](Cc1ccccc1)C(=O)NCc1ccccc1F)c1ccccc1. The van der Waals surface area contributed by atoms with Crippen molar-refractivity contribution in [3.63, 3.8) is 0 Å². The van der Waals surface area contributed by atoms with Crippen LogP contribution >= 0.6 is 19.8 Å². The summed E-state index contributed by atoms with van der Waals surface area (Å²) < 4.78 is 40.1. The average molecular weight is 586 g/mol. The molecule has 0 radical (unpaired) electrons. The van der Waals surface area contributed by atoms with Crippen molar-refractivity contribution in [1.82, 2.24) is 16.0 Å². The largest absolute Gasteiger partial charge is 0.357 e. The van der Waals surface area contributed by atoms with E-state index < -0.39 is 25.2 Å². The summed E-state index contributed by atoms with van der Waals surface area (Å²) in [5.41, 5.74) is 1.93. The van der Waals surface area contributed by atoms with Gasteiger partial charge in [-0.15, -0.1) is 0 Å². The van der Waals surface area contributed by atoms with E-state index in [9.17, 15) is 13.8 Å². The number of carbonyl (C=O) groups is 1. The van der Waals surface area contributed by atoms with Gasteiger partial charge in [0.05, 0.1) is 12.2 Å². The molecule has 10 heteroatoms. The number of nitrogens with one attached hydrogen (secondary N) is 3. The Kier molecular flexibility index (Phi) is 11.8. The van der Waals surface area contributed by atoms with Crippen LogP contribution in [0, 0.1) is 5.82 Å². The topological polar surface area (TPSA) is 88.7 Å². The number of hydrogen-bond acceptors (Lipinski definition) is 5. The zero-order valence-electron chi connectivity index (χ0n) is 23.2. The molecule has 3 aromatic carbocycles. The second-order valence-corrected chi connectivity index (χ2v) is 12.3. The van der Waals surface area contributed by atoms with Crippen LogP contribution in [-0.4, -0.2) is 29.3 Å². The predicted molar refractivity (Wildman–Crippen MR) is 160 cm³/mol. The van der Waals surface area contributed by atoms with Crippen molar-refractivity contribution < 1.29 is 22.8 Å². The second-order valence-electron chi connectivity index (χ2n) is 9.83. The van der Waals surface area contributed by atoms with E-state index in [0.29, 0.717) is 17.5 Å². The number of benzene rings is 3. The van der Waals surface area contributed by atoms with Gasteiger partial charge in [0.15, 0.2) is 10.9 Å². The fraction of sp³-hybridized carbons (Fsp3) is 0.333. The number of hydrogen-bond donors (Lipinski definition) is 3. The van der Waals surface area contributed by atoms with Gasteiger partial charge in [0.25, 0.3) is 0 Å². The van der Waals surface area contributed by atoms with Crippen LogP contribution in [-0.2, 0) is 31.4 Å². The Morgan fingerprint density at radius 2 is 1.40 bits per heavy atom. The quantitative estimate of drug-likeness (QED) is 0.161. The smallest absolute Gasteiger partial charge is 0.351 e. The van der Waals surface area contributed by atoms with Crippen LogP contribution in [0.4, 0.5) is 4.39 Å². The molecule has 3 N–H and O–H groups in total. The van der Waals surface area contributed by atoms with E-state index >= 15 is 0 Å². The highest BCUT2D eigenvalue weighted by atomic mass is 32.1. The van der Waals surface area contributed by atoms with Gasteiger partial charge < -0.3 is 25.0 Å². The highest BCUT2D eigenvalue weighted by Gasteiger charge is 2.40. The lowest BCUT2D eigenvalue weighted by Crippen LogP contribution is -2.51. The average Bonchev–Trinajstić information content (AvgIpc) is 2.91. The molecular weight excluding hydrogens is 548 g/mol. The number of thiocarbonyl (C=S) groups is 1. The lowest BCUT2D eigenvalue weighted by molar-refractivity contribution is -0.122. The Morgan fingerprint density at radius 1 is 0.850 bits per heavy atom. The van der Waals surface area contributed by atoms with Gasteiger partial charge in [-0.05, 0) is 57.1 Å². The van der Waals surface area contributed by atoms with Gasteiger partial charge in [-0.25, -0.2) is 4.39 Å². The van der Waals surface area contributed by atoms with Crippen LogP contribution in [0.3, 0.4) is 0 Å². The van der Waals surface area contributed by atoms with Crippen molar-refractivity contribution >= 4 is 30.8 Å². The first-order valence-electron chi connectivity index (χ1n) is 13.2. The second kappa shape index (κ2) is 15.1. The Morgan fingerprint density at radius 3 is 1.98 bits per heavy atom. The Labute approximate surface area is 241 Å². The number of rotatable bonds is 13. The van der Waals surface area contributed by atoms with E-state index in [2.05, 4.69) is 16.0 Å². The summed E-state index contributed by atoms with van der Waals surface area (Å²) in [7, 11) is -3.79. The summed E-state index contributed by atoms with van der Waals surface area (Å²) >= 11 is 5.64. The Balaban J connectivity index is 1.85. The molecule has 0 saturated carbocycles. The molecule has 0 aliphatic heterocycles. The van der Waals surface area contributed by atoms with Gasteiger partial charge in [0, 0.05) is 18.5 Å². The van der Waals surface area contributed by atoms with E-state index in [1.807, 2.05) is 60.7 Å². The van der Waals surface area contributed by atoms with Crippen LogP contribution in [0.2, 0.25) is 0 Å². The maximum absolute atomic E-state index is 14.2. The van der Waals surface area contributed by atoms with Gasteiger partial charge in [0.2, 0.25) is 5.91 Å². The minimum absolute atomic E-state index is 0.0188. The first-order chi connectivity index (χ1) is 19.1. The molecule has 0 spiro atoms. The third-order valence-electron chi connectivity index (χ3n) is 5.73. The fourth-order valence-electron chi connectivity index (χ4n) is 4.05. The maximum atomic E-state index is 14.2. The standard InChI is InChI=1S/C30H37FN3O4PS/c1-21(2)37-39(36,38-22(3)4)29(24-15-9-6-10-16-24)34-30(40)33-27(19-23-13-7-5-8-14-23)28(35)32-20-25-17-11-12-18-26(25)31/h5-18,21-22,27,29H,19-20H2,1-4H3,(H,32,35)(H2,33,34,40)/t27-,29?/m0/s1. The lowest BCUT2D eigenvalue weighted by Gasteiger charge is -2.32. The molecule has 0 saturated heterocycles. The van der Waals surface area contributed by atoms with E-state index in [4.69, 9.17) is 21.3 Å². The van der Waals surface area contributed by atoms with Crippen molar-refractivity contribution in [2.24, 2.45) is 0 Å². The molecule has 0 heterocycles. The third kappa shape index (κ3) is 9.52. The number of amides is 1. The van der Waals surface area contributed by atoms with Crippen LogP contribution < -0.4 is 16.0 Å². The summed E-state index contributed by atoms with van der Waals surface area (Å²) in [6.45, 7) is 7.15. The van der Waals surface area contributed by atoms with Crippen LogP contribution in [0.15, 0.2) is 84.9 Å². The molecule has 1 amide bonds. The molecule has 0 fully saturated rings. The highest BCUT2D eigenvalue weighted by molar-refractivity contribution is 7.80. The molecular formula is C30H37FN3O4PS. The molecule has 0 aliphatic carbocycles. The minimum atomic E-state index is -3.79. The zero-order chi connectivity index (χ0) is 29.1. The van der Waals surface area contributed by atoms with Crippen LogP contribution in [0.25, 0.3) is 0 Å². The predicted octanol–water partition coefficient (Wildman–Crippen LogP) is 6.26. The minimum Gasteiger partial charge on any atom is -0.351 e. The zero-order valence-corrected chi connectivity index (χ0v) is 24.9. The van der Waals surface area contributed by atoms with Crippen molar-refractivity contribution in [3.05, 3.63) is 107 Å². The summed E-state index contributed by atoms with van der Waals surface area (Å²) in [5, 5.41) is 9.08. The van der Waals surface area contributed by atoms with Gasteiger partial charge in [-0.1, -0.05) is 78.9 Å². The molecule has 2 atom stereocenters. The fourth-order valence-corrected chi connectivity index (χ4v) is 6.69. The third-order valence-corrected chi connectivity index (χ3v) is 8.46. The van der Waals surface area contributed by atoms with Crippen LogP contribution in [0.5, 0.6) is 0 Å². The van der Waals surface area contributed by atoms with Crippen molar-refractivity contribution in [2.75, 3.05) is 0 Å².